The smallest absolute Gasteiger partial charge is 0.231 e. The van der Waals surface area contributed by atoms with Crippen molar-refractivity contribution in [3.8, 4) is 11.5 Å². The number of piperidine rings is 1. The Hall–Kier alpha value is -3.13. The number of nitrogens with zero attached hydrogens (tertiary/aromatic N) is 4. The number of anilines is 2. The van der Waals surface area contributed by atoms with Gasteiger partial charge in [-0.1, -0.05) is 0 Å². The molecule has 1 saturated heterocycles. The molecule has 2 aliphatic heterocycles. The summed E-state index contributed by atoms with van der Waals surface area (Å²) in [6, 6.07) is 7.64. The second kappa shape index (κ2) is 6.79. The Labute approximate surface area is 162 Å². The highest BCUT2D eigenvalue weighted by Gasteiger charge is 2.29. The Morgan fingerprint density at radius 2 is 1.93 bits per heavy atom. The van der Waals surface area contributed by atoms with Crippen LogP contribution in [0.25, 0.3) is 10.9 Å². The van der Waals surface area contributed by atoms with Crippen molar-refractivity contribution in [1.82, 2.24) is 15.0 Å². The van der Waals surface area contributed by atoms with Crippen LogP contribution in [0, 0.1) is 6.92 Å². The highest BCUT2D eigenvalue weighted by atomic mass is 16.7. The van der Waals surface area contributed by atoms with Crippen molar-refractivity contribution in [1.29, 1.82) is 0 Å². The summed E-state index contributed by atoms with van der Waals surface area (Å²) in [6.07, 6.45) is 3.60. The standard InChI is InChI=1S/C20H21N5O3/c1-12-7-16(13-8-18-19(28-11-27-18)9-15(13)23-12)25-6-3-14(17(26)10-25)24-20-21-4-2-5-22-20/h2,4-5,7-9,14,17,26H,3,6,10-11H2,1H3,(H,21,22,24). The molecule has 2 atom stereocenters. The monoisotopic (exact) mass is 379 g/mol. The van der Waals surface area contributed by atoms with Crippen LogP contribution in [-0.4, -0.2) is 52.1 Å². The molecule has 0 bridgehead atoms. The van der Waals surface area contributed by atoms with Gasteiger partial charge >= 0.3 is 0 Å². The first-order valence-electron chi connectivity index (χ1n) is 9.35. The van der Waals surface area contributed by atoms with E-state index in [0.717, 1.165) is 46.7 Å². The van der Waals surface area contributed by atoms with Crippen molar-refractivity contribution < 1.29 is 14.6 Å². The van der Waals surface area contributed by atoms with Crippen LogP contribution in [0.1, 0.15) is 12.1 Å². The Balaban J connectivity index is 1.42. The molecular formula is C20H21N5O3. The van der Waals surface area contributed by atoms with E-state index in [1.807, 2.05) is 19.1 Å². The van der Waals surface area contributed by atoms with Crippen LogP contribution in [-0.2, 0) is 0 Å². The van der Waals surface area contributed by atoms with Crippen molar-refractivity contribution in [2.45, 2.75) is 25.5 Å². The number of hydrogen-bond acceptors (Lipinski definition) is 8. The summed E-state index contributed by atoms with van der Waals surface area (Å²) in [7, 11) is 0. The molecule has 1 aromatic carbocycles. The molecule has 4 heterocycles. The fourth-order valence-electron chi connectivity index (χ4n) is 3.85. The maximum atomic E-state index is 10.7. The minimum Gasteiger partial charge on any atom is -0.454 e. The number of fused-ring (bicyclic) bond motifs is 2. The van der Waals surface area contributed by atoms with Crippen molar-refractivity contribution in [3.05, 3.63) is 42.4 Å². The van der Waals surface area contributed by atoms with E-state index in [2.05, 4.69) is 31.2 Å². The summed E-state index contributed by atoms with van der Waals surface area (Å²) in [5.74, 6) is 2.00. The maximum Gasteiger partial charge on any atom is 0.231 e. The number of β-amino-alcohol motifs (C(OH)–C–C–N with tert-alkyl or cyclic N) is 1. The highest BCUT2D eigenvalue weighted by Crippen LogP contribution is 2.39. The van der Waals surface area contributed by atoms with E-state index in [0.29, 0.717) is 12.5 Å². The average molecular weight is 379 g/mol. The summed E-state index contributed by atoms with van der Waals surface area (Å²) in [5.41, 5.74) is 2.84. The van der Waals surface area contributed by atoms with Crippen molar-refractivity contribution in [2.24, 2.45) is 0 Å². The van der Waals surface area contributed by atoms with E-state index in [1.54, 1.807) is 18.5 Å². The van der Waals surface area contributed by atoms with Gasteiger partial charge in [0.15, 0.2) is 11.5 Å². The van der Waals surface area contributed by atoms with E-state index in [-0.39, 0.29) is 12.8 Å². The SMILES string of the molecule is Cc1cc(N2CCC(Nc3ncccn3)C(O)C2)c2cc3c(cc2n1)OCO3. The van der Waals surface area contributed by atoms with Crippen LogP contribution >= 0.6 is 0 Å². The van der Waals surface area contributed by atoms with E-state index >= 15 is 0 Å². The fourth-order valence-corrected chi connectivity index (χ4v) is 3.85. The van der Waals surface area contributed by atoms with Crippen molar-refractivity contribution >= 4 is 22.5 Å². The lowest BCUT2D eigenvalue weighted by Gasteiger charge is -2.38. The van der Waals surface area contributed by atoms with Crippen molar-refractivity contribution in [2.75, 3.05) is 30.1 Å². The zero-order chi connectivity index (χ0) is 19.1. The number of pyridine rings is 1. The Morgan fingerprint density at radius 1 is 1.14 bits per heavy atom. The van der Waals surface area contributed by atoms with Gasteiger partial charge in [-0.3, -0.25) is 4.98 Å². The topological polar surface area (TPSA) is 92.6 Å². The van der Waals surface area contributed by atoms with Crippen LogP contribution in [0.3, 0.4) is 0 Å². The molecule has 2 N–H and O–H groups in total. The summed E-state index contributed by atoms with van der Waals surface area (Å²) < 4.78 is 11.0. The highest BCUT2D eigenvalue weighted by molar-refractivity contribution is 5.94. The Kier molecular flexibility index (Phi) is 4.12. The van der Waals surface area contributed by atoms with Crippen LogP contribution in [0.2, 0.25) is 0 Å². The molecule has 0 spiro atoms. The largest absolute Gasteiger partial charge is 0.454 e. The molecule has 5 rings (SSSR count). The van der Waals surface area contributed by atoms with Gasteiger partial charge in [0.25, 0.3) is 0 Å². The number of aliphatic hydroxyl groups excluding tert-OH is 1. The molecule has 144 valence electrons. The average Bonchev–Trinajstić information content (AvgIpc) is 3.15. The number of aliphatic hydroxyl groups is 1. The zero-order valence-corrected chi connectivity index (χ0v) is 15.5. The van der Waals surface area contributed by atoms with Gasteiger partial charge in [-0.25, -0.2) is 9.97 Å². The summed E-state index contributed by atoms with van der Waals surface area (Å²) in [6.45, 7) is 3.52. The summed E-state index contributed by atoms with van der Waals surface area (Å²) in [4.78, 5) is 15.2. The van der Waals surface area contributed by atoms with Gasteiger partial charge < -0.3 is 24.8 Å². The quantitative estimate of drug-likeness (QED) is 0.715. The first kappa shape index (κ1) is 17.0. The number of rotatable bonds is 3. The molecule has 8 nitrogen and oxygen atoms in total. The minimum atomic E-state index is -0.546. The normalized spacial score (nSPS) is 21.1. The molecule has 0 radical (unpaired) electrons. The zero-order valence-electron chi connectivity index (χ0n) is 15.5. The third kappa shape index (κ3) is 3.05. The number of aryl methyl sites for hydroxylation is 1. The van der Waals surface area contributed by atoms with E-state index in [4.69, 9.17) is 9.47 Å². The molecule has 2 aliphatic rings. The lowest BCUT2D eigenvalue weighted by molar-refractivity contribution is 0.140. The van der Waals surface area contributed by atoms with Gasteiger partial charge in [0.1, 0.15) is 0 Å². The minimum absolute atomic E-state index is 0.0890. The second-order valence-corrected chi connectivity index (χ2v) is 7.13. The molecule has 0 aliphatic carbocycles. The Morgan fingerprint density at radius 3 is 2.71 bits per heavy atom. The van der Waals surface area contributed by atoms with Gasteiger partial charge in [-0.2, -0.15) is 0 Å². The second-order valence-electron chi connectivity index (χ2n) is 7.13. The third-order valence-corrected chi connectivity index (χ3v) is 5.21. The van der Waals surface area contributed by atoms with Crippen LogP contribution in [0.5, 0.6) is 11.5 Å². The first-order chi connectivity index (χ1) is 13.7. The number of hydrogen-bond donors (Lipinski definition) is 2. The van der Waals surface area contributed by atoms with E-state index in [1.165, 1.54) is 0 Å². The van der Waals surface area contributed by atoms with E-state index in [9.17, 15) is 5.11 Å². The van der Waals surface area contributed by atoms with E-state index < -0.39 is 6.10 Å². The number of aromatic nitrogens is 3. The predicted molar refractivity (Wildman–Crippen MR) is 105 cm³/mol. The van der Waals surface area contributed by atoms with Gasteiger partial charge in [-0.05, 0) is 31.5 Å². The van der Waals surface area contributed by atoms with Gasteiger partial charge in [0.2, 0.25) is 12.7 Å². The van der Waals surface area contributed by atoms with Gasteiger partial charge in [-0.15, -0.1) is 0 Å². The molecule has 8 heteroatoms. The van der Waals surface area contributed by atoms with Crippen LogP contribution in [0.15, 0.2) is 36.7 Å². The molecule has 1 fully saturated rings. The molecule has 0 amide bonds. The first-order valence-corrected chi connectivity index (χ1v) is 9.35. The van der Waals surface area contributed by atoms with Gasteiger partial charge in [0.05, 0.1) is 17.7 Å². The molecular weight excluding hydrogens is 358 g/mol. The summed E-state index contributed by atoms with van der Waals surface area (Å²) >= 11 is 0. The lowest BCUT2D eigenvalue weighted by Crippen LogP contribution is -2.50. The molecule has 2 unspecified atom stereocenters. The van der Waals surface area contributed by atoms with Gasteiger partial charge in [0, 0.05) is 48.3 Å². The maximum absolute atomic E-state index is 10.7. The molecule has 3 aromatic rings. The predicted octanol–water partition coefficient (Wildman–Crippen LogP) is 2.11. The molecule has 28 heavy (non-hydrogen) atoms. The number of ether oxygens (including phenoxy) is 2. The summed E-state index contributed by atoms with van der Waals surface area (Å²) in [5, 5.41) is 15.0. The Bertz CT molecular complexity index is 1010. The number of nitrogens with one attached hydrogen (secondary N) is 1. The lowest BCUT2D eigenvalue weighted by atomic mass is 10.00. The third-order valence-electron chi connectivity index (χ3n) is 5.21. The number of benzene rings is 1. The van der Waals surface area contributed by atoms with Crippen LogP contribution < -0.4 is 19.7 Å². The molecule has 0 saturated carbocycles. The fraction of sp³-hybridized carbons (Fsp3) is 0.350. The molecule has 2 aromatic heterocycles. The van der Waals surface area contributed by atoms with Crippen LogP contribution in [0.4, 0.5) is 11.6 Å². The van der Waals surface area contributed by atoms with Crippen molar-refractivity contribution in [3.63, 3.8) is 0 Å².